The van der Waals surface area contributed by atoms with Crippen molar-refractivity contribution in [2.45, 2.75) is 50.4 Å². The van der Waals surface area contributed by atoms with E-state index in [0.29, 0.717) is 62.0 Å². The summed E-state index contributed by atoms with van der Waals surface area (Å²) >= 11 is 1.34. The Morgan fingerprint density at radius 1 is 1.02 bits per heavy atom. The Balaban J connectivity index is 1.08. The zero-order valence-corrected chi connectivity index (χ0v) is 25.3. The molecule has 2 atom stereocenters. The van der Waals surface area contributed by atoms with Gasteiger partial charge in [0, 0.05) is 62.3 Å². The standard InChI is InChI=1S/C31H36N6O5S/c1-29(2)10-20(29)26(38)37-14-30(15-37)13-36(27(39)23-11-32-18-43-23)12-21(30)25-34-35-28(42-25)31(16-41-17-31)24-5-3-4-22(33-24)19-6-8-40-9-7-19/h3-5,11,18-21H,6-10,12-17H2,1-2H3/t20-,21?/m1/s1. The molecule has 4 saturated heterocycles. The maximum Gasteiger partial charge on any atom is 0.265 e. The fourth-order valence-corrected chi connectivity index (χ4v) is 8.02. The number of hydrogen-bond acceptors (Lipinski definition) is 10. The van der Waals surface area contributed by atoms with E-state index in [2.05, 4.69) is 41.2 Å². The molecule has 0 radical (unpaired) electrons. The van der Waals surface area contributed by atoms with E-state index in [-0.39, 0.29) is 34.5 Å². The first kappa shape index (κ1) is 27.3. The Labute approximate surface area is 254 Å². The number of carbonyl (C=O) groups is 2. The van der Waals surface area contributed by atoms with Gasteiger partial charge in [-0.05, 0) is 36.8 Å². The van der Waals surface area contributed by atoms with Crippen LogP contribution in [-0.2, 0) is 19.7 Å². The number of hydrogen-bond donors (Lipinski definition) is 0. The van der Waals surface area contributed by atoms with E-state index in [9.17, 15) is 9.59 Å². The van der Waals surface area contributed by atoms with E-state index in [1.807, 2.05) is 15.9 Å². The normalized spacial score (nSPS) is 27.1. The molecule has 1 unspecified atom stereocenters. The van der Waals surface area contributed by atoms with Crippen LogP contribution < -0.4 is 0 Å². The molecule has 3 aromatic heterocycles. The molecular weight excluding hydrogens is 568 g/mol. The van der Waals surface area contributed by atoms with Gasteiger partial charge in [0.15, 0.2) is 0 Å². The summed E-state index contributed by atoms with van der Waals surface area (Å²) in [5, 5.41) is 9.17. The zero-order valence-electron chi connectivity index (χ0n) is 24.5. The van der Waals surface area contributed by atoms with Gasteiger partial charge in [-0.25, -0.2) is 0 Å². The van der Waals surface area contributed by atoms with Gasteiger partial charge in [0.1, 0.15) is 10.3 Å². The van der Waals surface area contributed by atoms with Crippen LogP contribution in [0.25, 0.3) is 0 Å². The van der Waals surface area contributed by atoms with Gasteiger partial charge in [0.05, 0.1) is 36.5 Å². The molecule has 12 heteroatoms. The van der Waals surface area contributed by atoms with Gasteiger partial charge in [0.2, 0.25) is 17.7 Å². The summed E-state index contributed by atoms with van der Waals surface area (Å²) in [6.45, 7) is 8.79. The van der Waals surface area contributed by atoms with Gasteiger partial charge < -0.3 is 23.7 Å². The fraction of sp³-hybridized carbons (Fsp3) is 0.613. The number of ether oxygens (including phenoxy) is 2. The highest BCUT2D eigenvalue weighted by Gasteiger charge is 2.62. The van der Waals surface area contributed by atoms with Gasteiger partial charge >= 0.3 is 0 Å². The summed E-state index contributed by atoms with van der Waals surface area (Å²) in [7, 11) is 0. The van der Waals surface area contributed by atoms with Gasteiger partial charge in [-0.15, -0.1) is 21.5 Å². The third-order valence-corrected chi connectivity index (χ3v) is 11.2. The quantitative estimate of drug-likeness (QED) is 0.417. The molecule has 5 aliphatic rings. The van der Waals surface area contributed by atoms with E-state index in [4.69, 9.17) is 18.9 Å². The first-order chi connectivity index (χ1) is 20.8. The van der Waals surface area contributed by atoms with E-state index >= 15 is 0 Å². The van der Waals surface area contributed by atoms with Crippen LogP contribution in [0.3, 0.4) is 0 Å². The fourth-order valence-electron chi connectivity index (χ4n) is 7.43. The highest BCUT2D eigenvalue weighted by atomic mass is 32.1. The molecule has 226 valence electrons. The van der Waals surface area contributed by atoms with Crippen LogP contribution in [0.1, 0.15) is 77.8 Å². The van der Waals surface area contributed by atoms with Crippen LogP contribution in [0.15, 0.2) is 34.3 Å². The predicted molar refractivity (Wildman–Crippen MR) is 155 cm³/mol. The molecule has 1 spiro atoms. The van der Waals surface area contributed by atoms with Crippen molar-refractivity contribution >= 4 is 23.2 Å². The van der Waals surface area contributed by atoms with Crippen LogP contribution in [-0.4, -0.2) is 94.4 Å². The monoisotopic (exact) mass is 604 g/mol. The molecule has 11 nitrogen and oxygen atoms in total. The Bertz CT molecular complexity index is 1540. The number of nitrogens with zero attached hydrogens (tertiary/aromatic N) is 6. The van der Waals surface area contributed by atoms with Crippen LogP contribution in [0.2, 0.25) is 0 Å². The SMILES string of the molecule is CC1(C)C[C@@H]1C(=O)N1CC2(CN(C(=O)c3cncs3)CC2c2nnc(C3(c4cccc(C5CCOCC5)n4)COC3)o2)C1. The molecule has 0 bridgehead atoms. The van der Waals surface area contributed by atoms with Crippen LogP contribution >= 0.6 is 11.3 Å². The van der Waals surface area contributed by atoms with Crippen molar-refractivity contribution in [3.05, 3.63) is 58.0 Å². The molecular formula is C31H36N6O5S. The summed E-state index contributed by atoms with van der Waals surface area (Å²) < 4.78 is 17.8. The molecule has 8 rings (SSSR count). The van der Waals surface area contributed by atoms with Gasteiger partial charge in [-0.3, -0.25) is 19.6 Å². The second kappa shape index (κ2) is 9.90. The smallest absolute Gasteiger partial charge is 0.265 e. The number of pyridine rings is 1. The first-order valence-corrected chi connectivity index (χ1v) is 16.1. The lowest BCUT2D eigenvalue weighted by molar-refractivity contribution is -0.146. The molecule has 1 saturated carbocycles. The van der Waals surface area contributed by atoms with Crippen molar-refractivity contribution in [3.63, 3.8) is 0 Å². The predicted octanol–water partition coefficient (Wildman–Crippen LogP) is 3.25. The number of carbonyl (C=O) groups excluding carboxylic acids is 2. The molecule has 7 heterocycles. The van der Waals surface area contributed by atoms with E-state index in [1.54, 1.807) is 11.7 Å². The Hall–Kier alpha value is -3.22. The minimum atomic E-state index is -0.602. The highest BCUT2D eigenvalue weighted by molar-refractivity contribution is 7.11. The minimum Gasteiger partial charge on any atom is -0.424 e. The molecule has 3 aromatic rings. The summed E-state index contributed by atoms with van der Waals surface area (Å²) in [4.78, 5) is 40.3. The van der Waals surface area contributed by atoms with Gasteiger partial charge in [-0.2, -0.15) is 0 Å². The third kappa shape index (κ3) is 4.43. The van der Waals surface area contributed by atoms with Crippen molar-refractivity contribution in [1.82, 2.24) is 30.0 Å². The number of amides is 2. The summed E-state index contributed by atoms with van der Waals surface area (Å²) in [6.07, 6.45) is 4.47. The average molecular weight is 605 g/mol. The first-order valence-electron chi connectivity index (χ1n) is 15.2. The van der Waals surface area contributed by atoms with Gasteiger partial charge in [0.25, 0.3) is 5.91 Å². The summed E-state index contributed by atoms with van der Waals surface area (Å²) in [5.41, 5.74) is 2.76. The second-order valence-electron chi connectivity index (χ2n) is 13.8. The maximum absolute atomic E-state index is 13.4. The van der Waals surface area contributed by atoms with Crippen LogP contribution in [0.4, 0.5) is 0 Å². The Morgan fingerprint density at radius 2 is 1.79 bits per heavy atom. The zero-order chi connectivity index (χ0) is 29.4. The number of aromatic nitrogens is 4. The molecule has 0 N–H and O–H groups in total. The van der Waals surface area contributed by atoms with Crippen molar-refractivity contribution in [1.29, 1.82) is 0 Å². The van der Waals surface area contributed by atoms with E-state index in [1.165, 1.54) is 11.3 Å². The average Bonchev–Trinajstić information content (AvgIpc) is 3.50. The minimum absolute atomic E-state index is 0.0461. The van der Waals surface area contributed by atoms with E-state index in [0.717, 1.165) is 43.9 Å². The number of likely N-dealkylation sites (tertiary alicyclic amines) is 2. The van der Waals surface area contributed by atoms with Crippen molar-refractivity contribution in [2.75, 3.05) is 52.6 Å². The Morgan fingerprint density at radius 3 is 2.47 bits per heavy atom. The van der Waals surface area contributed by atoms with Crippen molar-refractivity contribution in [2.24, 2.45) is 16.7 Å². The van der Waals surface area contributed by atoms with Crippen LogP contribution in [0, 0.1) is 16.7 Å². The summed E-state index contributed by atoms with van der Waals surface area (Å²) in [6, 6.07) is 6.17. The summed E-state index contributed by atoms with van der Waals surface area (Å²) in [5.74, 6) is 1.46. The topological polar surface area (TPSA) is 124 Å². The molecule has 0 aromatic carbocycles. The number of rotatable bonds is 6. The highest BCUT2D eigenvalue weighted by Crippen LogP contribution is 2.56. The molecule has 1 aliphatic carbocycles. The van der Waals surface area contributed by atoms with Crippen molar-refractivity contribution in [3.8, 4) is 0 Å². The maximum atomic E-state index is 13.4. The molecule has 43 heavy (non-hydrogen) atoms. The second-order valence-corrected chi connectivity index (χ2v) is 14.6. The lowest BCUT2D eigenvalue weighted by Gasteiger charge is -2.50. The lowest BCUT2D eigenvalue weighted by Crippen LogP contribution is -2.62. The molecule has 4 aliphatic heterocycles. The molecule has 5 fully saturated rings. The van der Waals surface area contributed by atoms with Crippen molar-refractivity contribution < 1.29 is 23.5 Å². The largest absolute Gasteiger partial charge is 0.424 e. The Kier molecular flexibility index (Phi) is 6.29. The van der Waals surface area contributed by atoms with E-state index < -0.39 is 5.41 Å². The number of thiazole rings is 1. The lowest BCUT2D eigenvalue weighted by atomic mass is 9.71. The molecule has 2 amide bonds. The van der Waals surface area contributed by atoms with Gasteiger partial charge in [-0.1, -0.05) is 19.9 Å². The third-order valence-electron chi connectivity index (χ3n) is 10.5. The van der Waals surface area contributed by atoms with Crippen LogP contribution in [0.5, 0.6) is 0 Å².